The summed E-state index contributed by atoms with van der Waals surface area (Å²) < 4.78 is 16.3. The summed E-state index contributed by atoms with van der Waals surface area (Å²) in [6.45, 7) is 1.86. The average molecular weight is 437 g/mol. The smallest absolute Gasteiger partial charge is 0.338 e. The number of hydrogen-bond acceptors (Lipinski definition) is 9. The summed E-state index contributed by atoms with van der Waals surface area (Å²) in [5, 5.41) is 14.4. The average Bonchev–Trinajstić information content (AvgIpc) is 3.15. The Balaban J connectivity index is 1.99. The Morgan fingerprint density at radius 3 is 2.59 bits per heavy atom. The predicted octanol–water partition coefficient (Wildman–Crippen LogP) is 2.44. The minimum Gasteiger partial charge on any atom is -0.493 e. The van der Waals surface area contributed by atoms with E-state index < -0.39 is 18.0 Å². The summed E-state index contributed by atoms with van der Waals surface area (Å²) in [4.78, 5) is 24.9. The second kappa shape index (κ2) is 9.14. The Kier molecular flexibility index (Phi) is 6.60. The first-order valence-corrected chi connectivity index (χ1v) is 10.3. The fourth-order valence-corrected chi connectivity index (χ4v) is 4.62. The monoisotopic (exact) mass is 436 g/mol. The molecule has 0 spiro atoms. The second-order valence-electron chi connectivity index (χ2n) is 5.91. The van der Waals surface area contributed by atoms with E-state index in [2.05, 4.69) is 20.8 Å². The molecule has 1 aliphatic rings. The second-order valence-corrected chi connectivity index (χ2v) is 8.31. The van der Waals surface area contributed by atoms with Gasteiger partial charge >= 0.3 is 12.0 Å². The summed E-state index contributed by atoms with van der Waals surface area (Å²) in [6, 6.07) is 4.08. The van der Waals surface area contributed by atoms with Gasteiger partial charge in [0.15, 0.2) is 15.8 Å². The molecule has 0 bridgehead atoms. The van der Waals surface area contributed by atoms with Gasteiger partial charge in [-0.15, -0.1) is 10.2 Å². The molecular weight excluding hydrogens is 416 g/mol. The number of nitrogens with one attached hydrogen (secondary N) is 2. The molecule has 0 saturated carbocycles. The molecule has 11 heteroatoms. The zero-order chi connectivity index (χ0) is 21.0. The number of aromatic nitrogens is 2. The number of nitrogens with zero attached hydrogens (tertiary/aromatic N) is 2. The molecule has 0 fully saturated rings. The standard InChI is InChI=1S/C18H20N4O5S2/c1-9-21-22-18(29-9)28-8-11-14(16(23)27-4)15(20-17(24)19-11)10-5-6-12(25-2)13(7-10)26-3/h5-7,15H,8H2,1-4H3,(H2,19,20,24)/t15-/m1/s1. The highest BCUT2D eigenvalue weighted by Gasteiger charge is 2.34. The number of benzene rings is 1. The number of aryl methyl sites for hydroxylation is 1. The van der Waals surface area contributed by atoms with Gasteiger partial charge in [0.25, 0.3) is 0 Å². The molecule has 0 unspecified atom stereocenters. The number of esters is 1. The van der Waals surface area contributed by atoms with E-state index in [9.17, 15) is 9.59 Å². The van der Waals surface area contributed by atoms with E-state index in [1.54, 1.807) is 18.2 Å². The van der Waals surface area contributed by atoms with Crippen molar-refractivity contribution >= 4 is 35.1 Å². The van der Waals surface area contributed by atoms with Gasteiger partial charge in [-0.2, -0.15) is 0 Å². The van der Waals surface area contributed by atoms with Gasteiger partial charge in [0, 0.05) is 11.4 Å². The van der Waals surface area contributed by atoms with Gasteiger partial charge in [0.1, 0.15) is 5.01 Å². The normalized spacial score (nSPS) is 16.1. The molecule has 1 aromatic heterocycles. The highest BCUT2D eigenvalue weighted by Crippen LogP contribution is 2.35. The Morgan fingerprint density at radius 1 is 1.21 bits per heavy atom. The molecule has 2 amide bonds. The van der Waals surface area contributed by atoms with Crippen molar-refractivity contribution in [2.75, 3.05) is 27.1 Å². The lowest BCUT2D eigenvalue weighted by Crippen LogP contribution is -2.46. The quantitative estimate of drug-likeness (QED) is 0.503. The summed E-state index contributed by atoms with van der Waals surface area (Å²) >= 11 is 2.83. The van der Waals surface area contributed by atoms with Gasteiger partial charge in [0.2, 0.25) is 0 Å². The first-order valence-electron chi connectivity index (χ1n) is 8.50. The Hall–Kier alpha value is -2.79. The van der Waals surface area contributed by atoms with Crippen LogP contribution in [0.3, 0.4) is 0 Å². The molecule has 1 aromatic carbocycles. The predicted molar refractivity (Wildman–Crippen MR) is 108 cm³/mol. The lowest BCUT2D eigenvalue weighted by atomic mass is 9.95. The van der Waals surface area contributed by atoms with E-state index in [1.807, 2.05) is 6.92 Å². The van der Waals surface area contributed by atoms with Gasteiger partial charge in [-0.3, -0.25) is 0 Å². The lowest BCUT2D eigenvalue weighted by molar-refractivity contribution is -0.136. The topological polar surface area (TPSA) is 112 Å². The van der Waals surface area contributed by atoms with Crippen molar-refractivity contribution < 1.29 is 23.8 Å². The minimum absolute atomic E-state index is 0.313. The highest BCUT2D eigenvalue weighted by molar-refractivity contribution is 8.01. The van der Waals surface area contributed by atoms with Crippen LogP contribution in [0.5, 0.6) is 11.5 Å². The van der Waals surface area contributed by atoms with Crippen LogP contribution >= 0.6 is 23.1 Å². The van der Waals surface area contributed by atoms with Crippen LogP contribution in [0.1, 0.15) is 16.6 Å². The third-order valence-electron chi connectivity index (χ3n) is 4.15. The Bertz CT molecular complexity index is 959. The van der Waals surface area contributed by atoms with Crippen LogP contribution in [0, 0.1) is 6.92 Å². The van der Waals surface area contributed by atoms with Crippen molar-refractivity contribution in [3.63, 3.8) is 0 Å². The number of urea groups is 1. The van der Waals surface area contributed by atoms with E-state index in [4.69, 9.17) is 14.2 Å². The molecule has 2 heterocycles. The van der Waals surface area contributed by atoms with E-state index in [0.717, 1.165) is 9.35 Å². The molecule has 0 radical (unpaired) electrons. The third kappa shape index (κ3) is 4.62. The summed E-state index contributed by atoms with van der Waals surface area (Å²) in [7, 11) is 4.36. The van der Waals surface area contributed by atoms with Crippen LogP contribution in [0.2, 0.25) is 0 Å². The third-order valence-corrected chi connectivity index (χ3v) is 6.15. The zero-order valence-electron chi connectivity index (χ0n) is 16.3. The number of carbonyl (C=O) groups excluding carboxylic acids is 2. The van der Waals surface area contributed by atoms with Gasteiger partial charge in [-0.1, -0.05) is 29.2 Å². The van der Waals surface area contributed by atoms with E-state index in [0.29, 0.717) is 34.1 Å². The van der Waals surface area contributed by atoms with Crippen molar-refractivity contribution in [1.82, 2.24) is 20.8 Å². The number of thioether (sulfide) groups is 1. The molecule has 2 N–H and O–H groups in total. The molecule has 0 saturated heterocycles. The molecule has 3 rings (SSSR count). The SMILES string of the molecule is COC(=O)C1=C(CSc2nnc(C)s2)NC(=O)N[C@@H]1c1ccc(OC)c(OC)c1. The number of carbonyl (C=O) groups is 2. The summed E-state index contributed by atoms with van der Waals surface area (Å²) in [5.74, 6) is 0.821. The maximum atomic E-state index is 12.6. The van der Waals surface area contributed by atoms with E-state index in [1.165, 1.54) is 44.4 Å². The van der Waals surface area contributed by atoms with Crippen molar-refractivity contribution in [2.45, 2.75) is 17.3 Å². The Labute approximate surface area is 175 Å². The van der Waals surface area contributed by atoms with Gasteiger partial charge < -0.3 is 24.8 Å². The molecule has 29 heavy (non-hydrogen) atoms. The molecule has 1 aliphatic heterocycles. The number of rotatable bonds is 7. The maximum absolute atomic E-state index is 12.6. The number of amides is 2. The fourth-order valence-electron chi connectivity index (χ4n) is 2.84. The van der Waals surface area contributed by atoms with Crippen LogP contribution in [-0.4, -0.2) is 49.3 Å². The first-order chi connectivity index (χ1) is 14.0. The van der Waals surface area contributed by atoms with Crippen LogP contribution in [0.15, 0.2) is 33.8 Å². The van der Waals surface area contributed by atoms with Crippen LogP contribution < -0.4 is 20.1 Å². The maximum Gasteiger partial charge on any atom is 0.338 e. The van der Waals surface area contributed by atoms with Gasteiger partial charge in [-0.05, 0) is 24.6 Å². The number of ether oxygens (including phenoxy) is 3. The van der Waals surface area contributed by atoms with E-state index in [-0.39, 0.29) is 0 Å². The van der Waals surface area contributed by atoms with Crippen molar-refractivity contribution in [3.8, 4) is 11.5 Å². The molecule has 154 valence electrons. The van der Waals surface area contributed by atoms with Crippen molar-refractivity contribution in [3.05, 3.63) is 40.0 Å². The van der Waals surface area contributed by atoms with Crippen LogP contribution in [0.25, 0.3) is 0 Å². The lowest BCUT2D eigenvalue weighted by Gasteiger charge is -2.29. The Morgan fingerprint density at radius 2 is 1.97 bits per heavy atom. The minimum atomic E-state index is -0.706. The molecule has 2 aromatic rings. The molecule has 9 nitrogen and oxygen atoms in total. The molecule has 0 aliphatic carbocycles. The largest absolute Gasteiger partial charge is 0.493 e. The van der Waals surface area contributed by atoms with Gasteiger partial charge in [0.05, 0.1) is 32.9 Å². The van der Waals surface area contributed by atoms with Gasteiger partial charge in [-0.25, -0.2) is 9.59 Å². The highest BCUT2D eigenvalue weighted by atomic mass is 32.2. The van der Waals surface area contributed by atoms with Crippen molar-refractivity contribution in [1.29, 1.82) is 0 Å². The molecule has 1 atom stereocenters. The number of methoxy groups -OCH3 is 3. The molecular formula is C18H20N4O5S2. The van der Waals surface area contributed by atoms with Crippen LogP contribution in [0.4, 0.5) is 4.79 Å². The number of hydrogen-bond donors (Lipinski definition) is 2. The van der Waals surface area contributed by atoms with Crippen molar-refractivity contribution in [2.24, 2.45) is 0 Å². The summed E-state index contributed by atoms with van der Waals surface area (Å²) in [5.41, 5.74) is 1.43. The van der Waals surface area contributed by atoms with Crippen LogP contribution in [-0.2, 0) is 9.53 Å². The zero-order valence-corrected chi connectivity index (χ0v) is 17.9. The van der Waals surface area contributed by atoms with E-state index >= 15 is 0 Å². The fraction of sp³-hybridized carbons (Fsp3) is 0.333. The summed E-state index contributed by atoms with van der Waals surface area (Å²) in [6.07, 6.45) is 0. The first kappa shape index (κ1) is 20.9.